The van der Waals surface area contributed by atoms with Crippen LogP contribution in [0.15, 0.2) is 91.0 Å². The van der Waals surface area contributed by atoms with Crippen molar-refractivity contribution in [3.8, 4) is 0 Å². The second-order valence-corrected chi connectivity index (χ2v) is 16.4. The smallest absolute Gasteiger partial charge is 0.410 e. The predicted octanol–water partition coefficient (Wildman–Crippen LogP) is 8.34. The number of esters is 1. The molecule has 3 aromatic carbocycles. The SMILES string of the molecule is CCCCOC(=O)[C@H](CC(=O)NC(c1ccccc1)(c1ccccc1)c1ccccc1)N(C[C@H](COC(C)(C)C)N(C)C(=O)OC(C)(C)C)C(=O)OCC(C)C. The van der Waals surface area contributed by atoms with Gasteiger partial charge in [0.1, 0.15) is 17.2 Å². The summed E-state index contributed by atoms with van der Waals surface area (Å²) in [6, 6.07) is 26.6. The van der Waals surface area contributed by atoms with Crippen molar-refractivity contribution in [2.75, 3.05) is 33.4 Å². The van der Waals surface area contributed by atoms with Crippen molar-refractivity contribution >= 4 is 24.1 Å². The zero-order valence-corrected chi connectivity index (χ0v) is 35.0. The maximum Gasteiger partial charge on any atom is 0.410 e. The Kier molecular flexibility index (Phi) is 16.9. The zero-order chi connectivity index (χ0) is 41.5. The van der Waals surface area contributed by atoms with Gasteiger partial charge >= 0.3 is 18.2 Å². The van der Waals surface area contributed by atoms with Crippen molar-refractivity contribution in [1.82, 2.24) is 15.1 Å². The molecule has 3 amide bonds. The van der Waals surface area contributed by atoms with Crippen molar-refractivity contribution in [2.24, 2.45) is 5.92 Å². The summed E-state index contributed by atoms with van der Waals surface area (Å²) in [5, 5.41) is 3.31. The quantitative estimate of drug-likeness (QED) is 0.0593. The summed E-state index contributed by atoms with van der Waals surface area (Å²) in [6.45, 7) is 16.6. The number of rotatable bonds is 18. The Labute approximate surface area is 334 Å². The van der Waals surface area contributed by atoms with E-state index in [-0.39, 0.29) is 32.3 Å². The van der Waals surface area contributed by atoms with Crippen LogP contribution in [0.3, 0.4) is 0 Å². The molecule has 11 nitrogen and oxygen atoms in total. The van der Waals surface area contributed by atoms with E-state index in [1.807, 2.05) is 133 Å². The molecule has 2 atom stereocenters. The fourth-order valence-corrected chi connectivity index (χ4v) is 5.94. The molecule has 0 saturated heterocycles. The van der Waals surface area contributed by atoms with Gasteiger partial charge in [-0.15, -0.1) is 0 Å². The molecule has 0 aromatic heterocycles. The van der Waals surface area contributed by atoms with Crippen LogP contribution in [0.2, 0.25) is 0 Å². The number of hydrogen-bond donors (Lipinski definition) is 1. The number of likely N-dealkylation sites (N-methyl/N-ethyl adjacent to an activating group) is 1. The number of hydrogen-bond acceptors (Lipinski definition) is 8. The summed E-state index contributed by atoms with van der Waals surface area (Å²) < 4.78 is 23.4. The number of carbonyl (C=O) groups is 4. The Bertz CT molecular complexity index is 1570. The summed E-state index contributed by atoms with van der Waals surface area (Å²) in [7, 11) is 1.55. The topological polar surface area (TPSA) is 124 Å². The minimum atomic E-state index is -1.43. The molecule has 0 heterocycles. The van der Waals surface area contributed by atoms with E-state index >= 15 is 0 Å². The van der Waals surface area contributed by atoms with E-state index in [9.17, 15) is 19.2 Å². The number of nitrogens with zero attached hydrogens (tertiary/aromatic N) is 2. The Hall–Kier alpha value is -4.90. The maximum absolute atomic E-state index is 14.8. The lowest BCUT2D eigenvalue weighted by Gasteiger charge is -2.39. The monoisotopic (exact) mass is 773 g/mol. The average Bonchev–Trinajstić information content (AvgIpc) is 3.15. The zero-order valence-electron chi connectivity index (χ0n) is 35.0. The molecular weight excluding hydrogens is 711 g/mol. The second kappa shape index (κ2) is 20.9. The first kappa shape index (κ1) is 45.5. The Morgan fingerprint density at radius 2 is 1.20 bits per heavy atom. The molecule has 0 radical (unpaired) electrons. The highest BCUT2D eigenvalue weighted by Crippen LogP contribution is 2.37. The van der Waals surface area contributed by atoms with Crippen molar-refractivity contribution in [1.29, 1.82) is 0 Å². The molecule has 56 heavy (non-hydrogen) atoms. The van der Waals surface area contributed by atoms with Gasteiger partial charge in [-0.1, -0.05) is 118 Å². The van der Waals surface area contributed by atoms with E-state index in [0.29, 0.717) is 6.42 Å². The van der Waals surface area contributed by atoms with Crippen molar-refractivity contribution < 1.29 is 38.1 Å². The molecule has 0 fully saturated rings. The normalized spacial score (nSPS) is 13.0. The third-order valence-corrected chi connectivity index (χ3v) is 8.84. The molecule has 0 bridgehead atoms. The Morgan fingerprint density at radius 1 is 0.696 bits per heavy atom. The Morgan fingerprint density at radius 3 is 1.62 bits per heavy atom. The summed E-state index contributed by atoms with van der Waals surface area (Å²) in [6.07, 6.45) is -0.597. The lowest BCUT2D eigenvalue weighted by Crippen LogP contribution is -2.57. The van der Waals surface area contributed by atoms with Crippen LogP contribution in [-0.4, -0.2) is 90.6 Å². The van der Waals surface area contributed by atoms with Gasteiger partial charge in [-0.3, -0.25) is 9.69 Å². The van der Waals surface area contributed by atoms with Gasteiger partial charge in [0, 0.05) is 13.6 Å². The van der Waals surface area contributed by atoms with Gasteiger partial charge in [-0.2, -0.15) is 0 Å². The van der Waals surface area contributed by atoms with Crippen LogP contribution in [-0.2, 0) is 34.1 Å². The fraction of sp³-hybridized carbons (Fsp3) is 0.511. The molecule has 3 aromatic rings. The van der Waals surface area contributed by atoms with Gasteiger partial charge in [0.25, 0.3) is 0 Å². The van der Waals surface area contributed by atoms with E-state index in [1.54, 1.807) is 27.8 Å². The van der Waals surface area contributed by atoms with Crippen LogP contribution in [0.4, 0.5) is 9.59 Å². The molecule has 11 heteroatoms. The van der Waals surface area contributed by atoms with Crippen LogP contribution in [0.5, 0.6) is 0 Å². The molecule has 306 valence electrons. The first-order valence-electron chi connectivity index (χ1n) is 19.5. The van der Waals surface area contributed by atoms with Crippen LogP contribution in [0, 0.1) is 5.92 Å². The minimum Gasteiger partial charge on any atom is -0.464 e. The molecule has 0 aliphatic heterocycles. The van der Waals surface area contributed by atoms with Crippen LogP contribution < -0.4 is 5.32 Å². The lowest BCUT2D eigenvalue weighted by atomic mass is 9.77. The first-order chi connectivity index (χ1) is 26.4. The molecule has 0 aliphatic carbocycles. The third kappa shape index (κ3) is 13.7. The van der Waals surface area contributed by atoms with E-state index in [2.05, 4.69) is 5.32 Å². The molecule has 0 aliphatic rings. The number of ether oxygens (including phenoxy) is 4. The highest BCUT2D eigenvalue weighted by molar-refractivity contribution is 5.89. The number of benzene rings is 3. The second-order valence-electron chi connectivity index (χ2n) is 16.4. The van der Waals surface area contributed by atoms with Crippen LogP contribution >= 0.6 is 0 Å². The van der Waals surface area contributed by atoms with Gasteiger partial charge in [0.2, 0.25) is 5.91 Å². The maximum atomic E-state index is 14.8. The van der Waals surface area contributed by atoms with Crippen LogP contribution in [0.1, 0.15) is 98.3 Å². The summed E-state index contributed by atoms with van der Waals surface area (Å²) in [5.74, 6) is -1.31. The fourth-order valence-electron chi connectivity index (χ4n) is 5.94. The van der Waals surface area contributed by atoms with Gasteiger partial charge in [-0.25, -0.2) is 14.4 Å². The first-order valence-corrected chi connectivity index (χ1v) is 19.5. The molecule has 0 spiro atoms. The highest BCUT2D eigenvalue weighted by Gasteiger charge is 2.42. The molecular formula is C45H63N3O8. The molecule has 3 rings (SSSR count). The van der Waals surface area contributed by atoms with E-state index < -0.39 is 59.3 Å². The number of unbranched alkanes of at least 4 members (excludes halogenated alkanes) is 1. The molecule has 0 unspecified atom stereocenters. The molecule has 0 saturated carbocycles. The largest absolute Gasteiger partial charge is 0.464 e. The lowest BCUT2D eigenvalue weighted by molar-refractivity contribution is -0.152. The number of carbonyl (C=O) groups excluding carboxylic acids is 4. The van der Waals surface area contributed by atoms with E-state index in [0.717, 1.165) is 23.1 Å². The summed E-state index contributed by atoms with van der Waals surface area (Å²) in [5.41, 5.74) is -0.216. The Balaban J connectivity index is 2.18. The van der Waals surface area contributed by atoms with Gasteiger partial charge in [0.15, 0.2) is 0 Å². The van der Waals surface area contributed by atoms with Crippen molar-refractivity contribution in [2.45, 2.75) is 110 Å². The summed E-state index contributed by atoms with van der Waals surface area (Å²) >= 11 is 0. The van der Waals surface area contributed by atoms with Crippen molar-refractivity contribution in [3.05, 3.63) is 108 Å². The highest BCUT2D eigenvalue weighted by atomic mass is 16.6. The van der Waals surface area contributed by atoms with Crippen molar-refractivity contribution in [3.63, 3.8) is 0 Å². The van der Waals surface area contributed by atoms with Gasteiger partial charge in [0.05, 0.1) is 37.9 Å². The number of nitrogens with one attached hydrogen (secondary N) is 1. The van der Waals surface area contributed by atoms with Gasteiger partial charge in [-0.05, 0) is 70.6 Å². The standard InChI is InChI=1S/C45H63N3O8/c1-11-12-28-53-40(50)38(48(42(52)54-31-33(2)3)30-37(32-55-43(4,5)6)47(10)41(51)56-44(7,8)9)29-39(49)46-45(34-22-16-13-17-23-34,35-24-18-14-19-25-35)36-26-20-15-21-27-36/h13-27,33,37-38H,11-12,28-32H2,1-10H3,(H,46,49)/t37-,38+/m1/s1. The summed E-state index contributed by atoms with van der Waals surface area (Å²) in [4.78, 5) is 59.2. The van der Waals surface area contributed by atoms with Gasteiger partial charge < -0.3 is 29.2 Å². The third-order valence-electron chi connectivity index (χ3n) is 8.84. The van der Waals surface area contributed by atoms with E-state index in [1.165, 1.54) is 9.80 Å². The van der Waals surface area contributed by atoms with Crippen LogP contribution in [0.25, 0.3) is 0 Å². The minimum absolute atomic E-state index is 0.0177. The van der Waals surface area contributed by atoms with E-state index in [4.69, 9.17) is 18.9 Å². The molecule has 1 N–H and O–H groups in total. The average molecular weight is 774 g/mol. The number of amides is 3. The predicted molar refractivity (Wildman–Crippen MR) is 218 cm³/mol.